The molecule has 5 aromatic rings. The third-order valence-corrected chi connectivity index (χ3v) is 10.3. The molecule has 1 N–H and O–H groups in total. The lowest BCUT2D eigenvalue weighted by Gasteiger charge is -2.12. The first-order valence-electron chi connectivity index (χ1n) is 15.7. The van der Waals surface area contributed by atoms with E-state index in [1.165, 1.54) is 11.3 Å². The lowest BCUT2D eigenvalue weighted by molar-refractivity contribution is -0.275. The van der Waals surface area contributed by atoms with Crippen LogP contribution in [-0.2, 0) is 0 Å². The molecule has 266 valence electrons. The molecule has 1 unspecified atom stereocenters. The zero-order chi connectivity index (χ0) is 38.3. The topological polar surface area (TPSA) is 112 Å². The summed E-state index contributed by atoms with van der Waals surface area (Å²) in [4.78, 5) is 1.17. The number of halogens is 8. The predicted molar refractivity (Wildman–Crippen MR) is 180 cm³/mol. The Morgan fingerprint density at radius 3 is 1.46 bits per heavy atom. The fourth-order valence-electron chi connectivity index (χ4n) is 6.89. The van der Waals surface area contributed by atoms with Gasteiger partial charge in [0.25, 0.3) is 0 Å². The summed E-state index contributed by atoms with van der Waals surface area (Å²) in [5, 5.41) is 33.6. The molecule has 2 aliphatic carbocycles. The van der Waals surface area contributed by atoms with Crippen molar-refractivity contribution in [2.24, 2.45) is 0 Å². The van der Waals surface area contributed by atoms with Crippen LogP contribution in [0.2, 0.25) is 0 Å². The Bertz CT molecular complexity index is 2650. The van der Waals surface area contributed by atoms with E-state index in [1.807, 2.05) is 12.1 Å². The zero-order valence-corrected chi connectivity index (χ0v) is 27.6. The average Bonchev–Trinajstić information content (AvgIpc) is 3.72. The van der Waals surface area contributed by atoms with E-state index in [0.29, 0.717) is 78.5 Å². The number of fused-ring (bicyclic) bond motifs is 7. The molecule has 0 spiro atoms. The predicted octanol–water partition coefficient (Wildman–Crippen LogP) is 10.3. The van der Waals surface area contributed by atoms with Crippen LogP contribution in [0.25, 0.3) is 55.7 Å². The minimum absolute atomic E-state index is 0.0174. The Morgan fingerprint density at radius 2 is 1.06 bits per heavy atom. The SMILES string of the molecule is N#CC(C#N)=C1c2cc(-c3ccc(OC(F)(F)F)cc3F)ccc2-c2c1sc1c2-c2ccc(-c3ccc(OC(F)(F)F)cc3F)cc2/C1=C(\C#N)C1CN1. The number of allylic oxidation sites excluding steroid dienone is 1. The summed E-state index contributed by atoms with van der Waals surface area (Å²) < 4.78 is 115. The highest BCUT2D eigenvalue weighted by molar-refractivity contribution is 7.16. The maximum Gasteiger partial charge on any atom is 0.573 e. The van der Waals surface area contributed by atoms with Gasteiger partial charge in [-0.1, -0.05) is 24.3 Å². The number of nitrogens with one attached hydrogen (secondary N) is 1. The van der Waals surface area contributed by atoms with Crippen LogP contribution in [0.4, 0.5) is 35.1 Å². The molecule has 0 radical (unpaired) electrons. The number of thiophene rings is 1. The fraction of sp³-hybridized carbons (Fsp3) is 0.103. The molecule has 15 heteroatoms. The molecule has 54 heavy (non-hydrogen) atoms. The molecule has 3 aliphatic rings. The van der Waals surface area contributed by atoms with Gasteiger partial charge in [0.1, 0.15) is 40.8 Å². The van der Waals surface area contributed by atoms with Gasteiger partial charge in [0.15, 0.2) is 0 Å². The Morgan fingerprint density at radius 1 is 0.611 bits per heavy atom. The lowest BCUT2D eigenvalue weighted by Crippen LogP contribution is -2.17. The van der Waals surface area contributed by atoms with E-state index in [1.54, 1.807) is 36.4 Å². The average molecular weight is 757 g/mol. The summed E-state index contributed by atoms with van der Waals surface area (Å²) >= 11 is 1.22. The largest absolute Gasteiger partial charge is 0.573 e. The first-order chi connectivity index (χ1) is 25.7. The summed E-state index contributed by atoms with van der Waals surface area (Å²) in [7, 11) is 0. The molecule has 4 aromatic carbocycles. The summed E-state index contributed by atoms with van der Waals surface area (Å²) in [5.74, 6) is -3.46. The van der Waals surface area contributed by atoms with Crippen LogP contribution >= 0.6 is 11.3 Å². The zero-order valence-electron chi connectivity index (χ0n) is 26.8. The van der Waals surface area contributed by atoms with Crippen LogP contribution in [-0.4, -0.2) is 25.3 Å². The minimum atomic E-state index is -5.03. The second-order valence-corrected chi connectivity index (χ2v) is 13.3. The van der Waals surface area contributed by atoms with Crippen LogP contribution in [0.15, 0.2) is 83.9 Å². The highest BCUT2D eigenvalue weighted by Crippen LogP contribution is 2.62. The quantitative estimate of drug-likeness (QED) is 0.106. The Labute approximate surface area is 303 Å². The molecule has 0 saturated carbocycles. The van der Waals surface area contributed by atoms with Gasteiger partial charge in [0.2, 0.25) is 0 Å². The minimum Gasteiger partial charge on any atom is -0.406 e. The Kier molecular flexibility index (Phi) is 7.89. The van der Waals surface area contributed by atoms with Crippen molar-refractivity contribution in [2.75, 3.05) is 6.54 Å². The lowest BCUT2D eigenvalue weighted by atomic mass is 9.93. The first kappa shape index (κ1) is 34.6. The number of nitrogens with zero attached hydrogens (tertiary/aromatic N) is 3. The number of alkyl halides is 6. The Hall–Kier alpha value is -6.47. The smallest absolute Gasteiger partial charge is 0.406 e. The molecular formula is C39H16F8N4O2S. The number of nitriles is 3. The van der Waals surface area contributed by atoms with Gasteiger partial charge in [0.05, 0.1) is 17.7 Å². The van der Waals surface area contributed by atoms with Gasteiger partial charge in [-0.15, -0.1) is 37.7 Å². The van der Waals surface area contributed by atoms with Crippen molar-refractivity contribution in [3.05, 3.63) is 116 Å². The van der Waals surface area contributed by atoms with E-state index in [0.717, 1.165) is 24.3 Å². The van der Waals surface area contributed by atoms with Crippen molar-refractivity contribution >= 4 is 22.5 Å². The van der Waals surface area contributed by atoms with Gasteiger partial charge < -0.3 is 14.8 Å². The van der Waals surface area contributed by atoms with Crippen LogP contribution in [0, 0.1) is 45.6 Å². The fourth-order valence-corrected chi connectivity index (χ4v) is 8.36. The molecule has 1 atom stereocenters. The highest BCUT2D eigenvalue weighted by atomic mass is 32.1. The summed E-state index contributed by atoms with van der Waals surface area (Å²) in [5.41, 5.74) is 4.82. The van der Waals surface area contributed by atoms with Crippen LogP contribution in [0.3, 0.4) is 0 Å². The van der Waals surface area contributed by atoms with Crippen molar-refractivity contribution in [3.8, 4) is 74.2 Å². The number of hydrogen-bond acceptors (Lipinski definition) is 7. The summed E-state index contributed by atoms with van der Waals surface area (Å²) in [6, 6.07) is 21.0. The third kappa shape index (κ3) is 5.82. The second-order valence-electron chi connectivity index (χ2n) is 12.2. The number of hydrogen-bond donors (Lipinski definition) is 1. The van der Waals surface area contributed by atoms with Gasteiger partial charge in [-0.05, 0) is 69.8 Å². The molecule has 6 nitrogen and oxygen atoms in total. The van der Waals surface area contributed by atoms with E-state index in [-0.39, 0.29) is 33.9 Å². The third-order valence-electron chi connectivity index (χ3n) is 9.07. The van der Waals surface area contributed by atoms with Crippen molar-refractivity contribution < 1.29 is 44.6 Å². The summed E-state index contributed by atoms with van der Waals surface area (Å²) in [6.07, 6.45) is -10.0. The molecule has 0 bridgehead atoms. The van der Waals surface area contributed by atoms with Gasteiger partial charge in [-0.2, -0.15) is 15.8 Å². The van der Waals surface area contributed by atoms with Crippen molar-refractivity contribution in [3.63, 3.8) is 0 Å². The molecule has 8 rings (SSSR count). The molecule has 1 saturated heterocycles. The van der Waals surface area contributed by atoms with E-state index >= 15 is 8.78 Å². The molecule has 0 amide bonds. The van der Waals surface area contributed by atoms with Gasteiger partial charge in [-0.3, -0.25) is 0 Å². The van der Waals surface area contributed by atoms with Crippen molar-refractivity contribution in [1.82, 2.24) is 5.32 Å². The molecule has 1 aliphatic heterocycles. The highest BCUT2D eigenvalue weighted by Gasteiger charge is 2.42. The van der Waals surface area contributed by atoms with E-state index < -0.39 is 35.9 Å². The van der Waals surface area contributed by atoms with Gasteiger partial charge >= 0.3 is 12.7 Å². The second kappa shape index (κ2) is 12.3. The molecule has 1 fully saturated rings. The van der Waals surface area contributed by atoms with Crippen LogP contribution in [0.5, 0.6) is 11.5 Å². The van der Waals surface area contributed by atoms with Gasteiger partial charge in [-0.25, -0.2) is 8.78 Å². The normalized spacial score (nSPS) is 15.9. The molecular weight excluding hydrogens is 741 g/mol. The van der Waals surface area contributed by atoms with Gasteiger partial charge in [0, 0.05) is 61.8 Å². The molecule has 1 aromatic heterocycles. The van der Waals surface area contributed by atoms with Crippen LogP contribution < -0.4 is 14.8 Å². The van der Waals surface area contributed by atoms with E-state index in [2.05, 4.69) is 20.9 Å². The number of rotatable bonds is 5. The monoisotopic (exact) mass is 756 g/mol. The first-order valence-corrected chi connectivity index (χ1v) is 16.5. The van der Waals surface area contributed by atoms with Crippen molar-refractivity contribution in [2.45, 2.75) is 18.8 Å². The number of benzene rings is 4. The summed E-state index contributed by atoms with van der Waals surface area (Å²) in [6.45, 7) is 0.515. The van der Waals surface area contributed by atoms with E-state index in [4.69, 9.17) is 0 Å². The Balaban J connectivity index is 1.31. The molecule has 2 heterocycles. The maximum atomic E-state index is 15.3. The maximum absolute atomic E-state index is 15.3. The number of ether oxygens (including phenoxy) is 2. The van der Waals surface area contributed by atoms with Crippen molar-refractivity contribution in [1.29, 1.82) is 15.8 Å². The van der Waals surface area contributed by atoms with E-state index in [9.17, 15) is 42.1 Å². The van der Waals surface area contributed by atoms with Crippen LogP contribution in [0.1, 0.15) is 20.9 Å². The standard InChI is InChI=1S/C39H16F8N4O2S/c40-29-11-20(52-38(42,43)44)3-7-22(29)17-1-5-24-26(9-17)32(19(13-48)14-49)36-34(24)35-25-6-2-18(23-8-4-21(12-30(23)41)53-39(45,46)47)10-27(25)33(37(35)54-36)28(15-50)31-16-51-31/h1-12,31,51H,16H2/b33-28-.